The predicted molar refractivity (Wildman–Crippen MR) is 75.6 cm³/mol. The molecule has 0 radical (unpaired) electrons. The summed E-state index contributed by atoms with van der Waals surface area (Å²) in [6.07, 6.45) is -4.59. The topological polar surface area (TPSA) is 54.4 Å². The number of hydrogen-bond donors (Lipinski definition) is 2. The fourth-order valence-corrected chi connectivity index (χ4v) is 1.81. The smallest absolute Gasteiger partial charge is 0.419 e. The van der Waals surface area contributed by atoms with Crippen LogP contribution in [0.25, 0.3) is 0 Å². The normalized spacial score (nSPS) is 12.8. The van der Waals surface area contributed by atoms with Crippen LogP contribution in [-0.4, -0.2) is 29.3 Å². The first-order chi connectivity index (χ1) is 11.3. The van der Waals surface area contributed by atoms with Crippen molar-refractivity contribution in [2.24, 2.45) is 0 Å². The molecule has 0 aliphatic heterocycles. The molecule has 1 unspecified atom stereocenters. The standard InChI is InChI=1S/C15H13F5N2O2/c16-12-4-3-10(6-13(12)17)24-8-9(23)7-22-14-11(15(18,19)20)2-1-5-21-14/h1-6,9,23H,7-8H2,(H,21,22). The Kier molecular flexibility index (Phi) is 5.55. The van der Waals surface area contributed by atoms with Crippen LogP contribution < -0.4 is 10.1 Å². The van der Waals surface area contributed by atoms with E-state index >= 15 is 0 Å². The van der Waals surface area contributed by atoms with Gasteiger partial charge in [-0.3, -0.25) is 0 Å². The molecular weight excluding hydrogens is 335 g/mol. The number of halogens is 5. The van der Waals surface area contributed by atoms with E-state index in [1.807, 2.05) is 0 Å². The molecule has 9 heteroatoms. The lowest BCUT2D eigenvalue weighted by molar-refractivity contribution is -0.137. The Bertz CT molecular complexity index is 694. The van der Waals surface area contributed by atoms with Crippen molar-refractivity contribution in [2.45, 2.75) is 12.3 Å². The molecule has 4 nitrogen and oxygen atoms in total. The Morgan fingerprint density at radius 3 is 2.58 bits per heavy atom. The van der Waals surface area contributed by atoms with Gasteiger partial charge in [-0.15, -0.1) is 0 Å². The average Bonchev–Trinajstić information content (AvgIpc) is 2.53. The van der Waals surface area contributed by atoms with Gasteiger partial charge in [0.1, 0.15) is 24.3 Å². The van der Waals surface area contributed by atoms with Crippen LogP contribution in [0.4, 0.5) is 27.8 Å². The fourth-order valence-electron chi connectivity index (χ4n) is 1.81. The molecule has 130 valence electrons. The number of nitrogens with zero attached hydrogens (tertiary/aromatic N) is 1. The van der Waals surface area contributed by atoms with E-state index in [1.165, 1.54) is 12.3 Å². The summed E-state index contributed by atoms with van der Waals surface area (Å²) in [5.41, 5.74) is -0.960. The second kappa shape index (κ2) is 7.43. The highest BCUT2D eigenvalue weighted by molar-refractivity contribution is 5.45. The van der Waals surface area contributed by atoms with Gasteiger partial charge in [0.05, 0.1) is 5.56 Å². The van der Waals surface area contributed by atoms with Gasteiger partial charge < -0.3 is 15.2 Å². The Balaban J connectivity index is 1.90. The molecule has 0 aliphatic carbocycles. The van der Waals surface area contributed by atoms with Crippen molar-refractivity contribution in [1.29, 1.82) is 0 Å². The van der Waals surface area contributed by atoms with Crippen molar-refractivity contribution in [3.63, 3.8) is 0 Å². The van der Waals surface area contributed by atoms with Crippen LogP contribution in [0.2, 0.25) is 0 Å². The zero-order valence-corrected chi connectivity index (χ0v) is 12.1. The lowest BCUT2D eigenvalue weighted by Gasteiger charge is -2.16. The van der Waals surface area contributed by atoms with Gasteiger partial charge in [0.2, 0.25) is 0 Å². The van der Waals surface area contributed by atoms with Crippen LogP contribution in [0.15, 0.2) is 36.5 Å². The minimum Gasteiger partial charge on any atom is -0.491 e. The maximum Gasteiger partial charge on any atom is 0.419 e. The van der Waals surface area contributed by atoms with Crippen molar-refractivity contribution < 1.29 is 31.8 Å². The van der Waals surface area contributed by atoms with Crippen molar-refractivity contribution in [3.05, 3.63) is 53.7 Å². The molecule has 2 rings (SSSR count). The van der Waals surface area contributed by atoms with Gasteiger partial charge >= 0.3 is 6.18 Å². The molecule has 1 aromatic carbocycles. The number of alkyl halides is 3. The van der Waals surface area contributed by atoms with Crippen LogP contribution in [0.5, 0.6) is 5.75 Å². The number of benzene rings is 1. The Morgan fingerprint density at radius 1 is 1.17 bits per heavy atom. The van der Waals surface area contributed by atoms with Gasteiger partial charge in [0.25, 0.3) is 0 Å². The number of aliphatic hydroxyl groups excluding tert-OH is 1. The van der Waals surface area contributed by atoms with Gasteiger partial charge in [-0.05, 0) is 24.3 Å². The van der Waals surface area contributed by atoms with E-state index in [2.05, 4.69) is 10.3 Å². The summed E-state index contributed by atoms with van der Waals surface area (Å²) in [7, 11) is 0. The minimum atomic E-state index is -4.58. The van der Waals surface area contributed by atoms with Gasteiger partial charge in [-0.1, -0.05) is 0 Å². The fraction of sp³-hybridized carbons (Fsp3) is 0.267. The quantitative estimate of drug-likeness (QED) is 0.787. The second-order valence-corrected chi connectivity index (χ2v) is 4.82. The molecule has 0 bridgehead atoms. The molecule has 2 N–H and O–H groups in total. The zero-order chi connectivity index (χ0) is 17.7. The second-order valence-electron chi connectivity index (χ2n) is 4.82. The summed E-state index contributed by atoms with van der Waals surface area (Å²) < 4.78 is 69.1. The summed E-state index contributed by atoms with van der Waals surface area (Å²) >= 11 is 0. The van der Waals surface area contributed by atoms with E-state index in [9.17, 15) is 27.1 Å². The van der Waals surface area contributed by atoms with E-state index < -0.39 is 35.3 Å². The van der Waals surface area contributed by atoms with E-state index in [0.29, 0.717) is 0 Å². The molecule has 0 spiro atoms. The van der Waals surface area contributed by atoms with Crippen LogP contribution in [0, 0.1) is 11.6 Å². The molecular formula is C15H13F5N2O2. The maximum atomic E-state index is 13.0. The number of anilines is 1. The first-order valence-electron chi connectivity index (χ1n) is 6.79. The minimum absolute atomic E-state index is 0.0123. The molecule has 1 atom stereocenters. The highest BCUT2D eigenvalue weighted by Gasteiger charge is 2.34. The largest absolute Gasteiger partial charge is 0.491 e. The maximum absolute atomic E-state index is 13.0. The average molecular weight is 348 g/mol. The molecule has 1 heterocycles. The monoisotopic (exact) mass is 348 g/mol. The Morgan fingerprint density at radius 2 is 1.92 bits per heavy atom. The summed E-state index contributed by atoms with van der Waals surface area (Å²) in [6.45, 7) is -0.601. The van der Waals surface area contributed by atoms with E-state index in [1.54, 1.807) is 0 Å². The molecule has 24 heavy (non-hydrogen) atoms. The molecule has 1 aromatic heterocycles. The summed E-state index contributed by atoms with van der Waals surface area (Å²) in [4.78, 5) is 3.58. The highest BCUT2D eigenvalue weighted by Crippen LogP contribution is 2.33. The number of aromatic nitrogens is 1. The summed E-state index contributed by atoms with van der Waals surface area (Å²) in [5, 5.41) is 12.1. The van der Waals surface area contributed by atoms with E-state index in [4.69, 9.17) is 4.74 Å². The van der Waals surface area contributed by atoms with Crippen LogP contribution in [0.3, 0.4) is 0 Å². The van der Waals surface area contributed by atoms with Crippen LogP contribution in [0.1, 0.15) is 5.56 Å². The summed E-state index contributed by atoms with van der Waals surface area (Å²) in [5.74, 6) is -2.58. The number of pyridine rings is 1. The zero-order valence-electron chi connectivity index (χ0n) is 12.1. The van der Waals surface area contributed by atoms with Crippen LogP contribution in [-0.2, 0) is 6.18 Å². The number of ether oxygens (including phenoxy) is 1. The van der Waals surface area contributed by atoms with Crippen molar-refractivity contribution in [3.8, 4) is 5.75 Å². The molecule has 2 aromatic rings. The third kappa shape index (κ3) is 4.79. The number of hydrogen-bond acceptors (Lipinski definition) is 4. The van der Waals surface area contributed by atoms with Gasteiger partial charge in [0, 0.05) is 18.8 Å². The molecule has 0 saturated heterocycles. The molecule has 0 fully saturated rings. The number of aliphatic hydroxyl groups is 1. The molecule has 0 aliphatic rings. The van der Waals surface area contributed by atoms with E-state index in [-0.39, 0.29) is 18.9 Å². The lowest BCUT2D eigenvalue weighted by atomic mass is 10.2. The number of rotatable bonds is 6. The van der Waals surface area contributed by atoms with Gasteiger partial charge in [-0.25, -0.2) is 13.8 Å². The third-order valence-electron chi connectivity index (χ3n) is 2.95. The summed E-state index contributed by atoms with van der Waals surface area (Å²) in [6, 6.07) is 4.84. The van der Waals surface area contributed by atoms with Crippen molar-refractivity contribution in [1.82, 2.24) is 4.98 Å². The first kappa shape index (κ1) is 17.9. The van der Waals surface area contributed by atoms with Crippen molar-refractivity contribution in [2.75, 3.05) is 18.5 Å². The SMILES string of the molecule is OC(CNc1ncccc1C(F)(F)F)COc1ccc(F)c(F)c1. The predicted octanol–water partition coefficient (Wildman–Crippen LogP) is 3.23. The molecule has 0 amide bonds. The molecule has 0 saturated carbocycles. The van der Waals surface area contributed by atoms with Gasteiger partial charge in [-0.2, -0.15) is 13.2 Å². The lowest BCUT2D eigenvalue weighted by Crippen LogP contribution is -2.27. The van der Waals surface area contributed by atoms with Crippen molar-refractivity contribution >= 4 is 5.82 Å². The Hall–Kier alpha value is -2.42. The van der Waals surface area contributed by atoms with E-state index in [0.717, 1.165) is 24.3 Å². The first-order valence-corrected chi connectivity index (χ1v) is 6.79. The van der Waals surface area contributed by atoms with Crippen LogP contribution >= 0.6 is 0 Å². The third-order valence-corrected chi connectivity index (χ3v) is 2.95. The Labute approximate surface area is 133 Å². The highest BCUT2D eigenvalue weighted by atomic mass is 19.4. The number of nitrogens with one attached hydrogen (secondary N) is 1. The van der Waals surface area contributed by atoms with Gasteiger partial charge in [0.15, 0.2) is 11.6 Å².